The van der Waals surface area contributed by atoms with E-state index in [0.717, 1.165) is 56.7 Å². The summed E-state index contributed by atoms with van der Waals surface area (Å²) >= 11 is 0. The molecule has 0 spiro atoms. The predicted octanol–water partition coefficient (Wildman–Crippen LogP) is 24.2. The van der Waals surface area contributed by atoms with Crippen LogP contribution in [0.1, 0.15) is 241 Å². The third-order valence-corrected chi connectivity index (χ3v) is 13.5. The van der Waals surface area contributed by atoms with Crippen molar-refractivity contribution in [2.24, 2.45) is 9.98 Å². The van der Waals surface area contributed by atoms with Crippen molar-refractivity contribution in [2.45, 2.75) is 199 Å². The molecule has 0 unspecified atom stereocenters. The van der Waals surface area contributed by atoms with E-state index in [4.69, 9.17) is 32.1 Å². The summed E-state index contributed by atoms with van der Waals surface area (Å²) in [6.45, 7) is 44.9. The number of para-hydroxylation sites is 4. The van der Waals surface area contributed by atoms with Crippen molar-refractivity contribution in [1.82, 2.24) is 0 Å². The molecule has 6 aromatic rings. The van der Waals surface area contributed by atoms with Crippen LogP contribution in [0, 0.1) is 0 Å². The molecule has 0 aliphatic carbocycles. The molecule has 0 amide bonds. The van der Waals surface area contributed by atoms with E-state index >= 15 is 0 Å². The van der Waals surface area contributed by atoms with Crippen molar-refractivity contribution in [3.05, 3.63) is 235 Å². The third-order valence-electron chi connectivity index (χ3n) is 13.5. The molecule has 0 fully saturated rings. The van der Waals surface area contributed by atoms with Gasteiger partial charge in [0, 0.05) is 28.5 Å². The molecule has 0 saturated carbocycles. The number of aliphatic imine (C=N–C) groups is 2. The van der Waals surface area contributed by atoms with Gasteiger partial charge in [0.05, 0.1) is 11.4 Å². The number of rotatable bonds is 18. The molecule has 0 aliphatic heterocycles. The summed E-state index contributed by atoms with van der Waals surface area (Å²) in [5.41, 5.74) is 34.9. The molecular weight excluding hydrogens is 1060 g/mol. The van der Waals surface area contributed by atoms with Gasteiger partial charge in [-0.3, -0.25) is 9.98 Å². The van der Waals surface area contributed by atoms with Crippen LogP contribution in [0.15, 0.2) is 167 Å². The van der Waals surface area contributed by atoms with E-state index in [1.54, 1.807) is 0 Å². The van der Waals surface area contributed by atoms with Gasteiger partial charge in [0.25, 0.3) is 0 Å². The second-order valence-corrected chi connectivity index (χ2v) is 23.0. The Morgan fingerprint density at radius 2 is 0.562 bits per heavy atom. The third kappa shape index (κ3) is 23.3. The average Bonchev–Trinajstić information content (AvgIpc) is 3.39. The molecule has 6 nitrogen and oxygen atoms in total. The Balaban J connectivity index is 0.000000611. The zero-order valence-corrected chi connectivity index (χ0v) is 54.8. The Bertz CT molecular complexity index is 2570. The fraction of sp³-hybridized carbons (Fsp3) is 0.417. The minimum Gasteiger partial charge on any atom is -0.674 e. The molecule has 2 N–H and O–H groups in total. The smallest absolute Gasteiger partial charge is 0.674 e. The number of nitrogens with one attached hydrogen (secondary N) is 2. The standard InChI is InChI=1S/2C29H41N2.2C7H8N.2Mn/c2*1-18(2)24-13-11-14-25(19(3)4)28(24)30-22(9)17-23(10)31-29-26(20(5)6)15-12-16-27(29)21(7)8;2*8-6-7-4-2-1-3-5-7;;/h2*11-21H,1-10H3;2*1-5,8H,6H2;;/q4*-1;;+3/b2*22-17-,31-23?;;;;. The monoisotopic (exact) mass is 1160 g/mol. The summed E-state index contributed by atoms with van der Waals surface area (Å²) < 4.78 is 0. The topological polar surface area (TPSA) is 101 Å². The van der Waals surface area contributed by atoms with Crippen LogP contribution < -0.4 is 0 Å². The molecule has 6 rings (SSSR count). The minimum atomic E-state index is 0. The number of nitrogens with zero attached hydrogens (tertiary/aromatic N) is 4. The van der Waals surface area contributed by atoms with Gasteiger partial charge >= 0.3 is 17.1 Å². The molecule has 80 heavy (non-hydrogen) atoms. The molecule has 0 atom stereocenters. The van der Waals surface area contributed by atoms with E-state index in [1.165, 1.54) is 44.5 Å². The molecular formula is C72H98Mn2N6-. The van der Waals surface area contributed by atoms with Crippen molar-refractivity contribution < 1.29 is 34.1 Å². The van der Waals surface area contributed by atoms with Gasteiger partial charge in [-0.15, -0.1) is 24.5 Å². The van der Waals surface area contributed by atoms with E-state index < -0.39 is 0 Å². The molecule has 1 radical (unpaired) electrons. The van der Waals surface area contributed by atoms with E-state index in [9.17, 15) is 0 Å². The molecule has 0 saturated heterocycles. The Kier molecular flexibility index (Phi) is 33.6. The Morgan fingerprint density at radius 3 is 0.750 bits per heavy atom. The van der Waals surface area contributed by atoms with Gasteiger partial charge in [-0.25, -0.2) is 0 Å². The first-order valence-electron chi connectivity index (χ1n) is 28.7. The van der Waals surface area contributed by atoms with Gasteiger partial charge in [-0.1, -0.05) is 304 Å². The SMILES string of the molecule is CC(/C=C(/C)[N-]c1c(C(C)C)cccc1C(C)C)=Nc1c(C(C)C)cccc1C(C)C.CC(/C=C(/C)[N-]c1c(C(C)C)cccc1C(C)C)=Nc1c(C(C)C)cccc1C(C)C.[Mn+3].[Mn].[NH-]Cc1ccccc1.[NH-]Cc1ccccc1. The molecule has 0 heterocycles. The largest absolute Gasteiger partial charge is 3.00 e. The van der Waals surface area contributed by atoms with Gasteiger partial charge in [0.15, 0.2) is 0 Å². The van der Waals surface area contributed by atoms with Gasteiger partial charge in [-0.05, 0) is 83.4 Å². The van der Waals surface area contributed by atoms with Crippen LogP contribution in [0.2, 0.25) is 0 Å². The fourth-order valence-corrected chi connectivity index (χ4v) is 9.19. The van der Waals surface area contributed by atoms with Crippen LogP contribution in [-0.2, 0) is 47.2 Å². The van der Waals surface area contributed by atoms with Gasteiger partial charge < -0.3 is 22.1 Å². The normalized spacial score (nSPS) is 12.0. The summed E-state index contributed by atoms with van der Waals surface area (Å²) in [5, 5.41) is 10.2. The molecule has 0 aromatic heterocycles. The van der Waals surface area contributed by atoms with Crippen molar-refractivity contribution in [3.8, 4) is 0 Å². The van der Waals surface area contributed by atoms with Crippen molar-refractivity contribution in [2.75, 3.05) is 0 Å². The fourth-order valence-electron chi connectivity index (χ4n) is 9.19. The molecule has 6 aromatic carbocycles. The summed E-state index contributed by atoms with van der Waals surface area (Å²) in [6.07, 6.45) is 4.23. The first-order chi connectivity index (χ1) is 36.9. The van der Waals surface area contributed by atoms with Crippen molar-refractivity contribution in [3.63, 3.8) is 0 Å². The number of benzene rings is 6. The second-order valence-electron chi connectivity index (χ2n) is 23.0. The minimum absolute atomic E-state index is 0. The van der Waals surface area contributed by atoms with Crippen LogP contribution in [-0.4, -0.2) is 11.4 Å². The summed E-state index contributed by atoms with van der Waals surface area (Å²) in [4.78, 5) is 10.2. The van der Waals surface area contributed by atoms with Crippen LogP contribution in [0.4, 0.5) is 22.7 Å². The molecule has 0 aliphatic rings. The van der Waals surface area contributed by atoms with Gasteiger partial charge in [0.1, 0.15) is 0 Å². The molecule has 0 bridgehead atoms. The molecule has 431 valence electrons. The summed E-state index contributed by atoms with van der Waals surface area (Å²) in [6, 6.07) is 45.8. The maximum Gasteiger partial charge on any atom is 3.00 e. The van der Waals surface area contributed by atoms with Crippen molar-refractivity contribution >= 4 is 34.2 Å². The maximum atomic E-state index is 6.94. The zero-order valence-electron chi connectivity index (χ0n) is 52.4. The average molecular weight is 1160 g/mol. The zero-order chi connectivity index (χ0) is 58.2. The number of hydrogen-bond acceptors (Lipinski definition) is 2. The number of allylic oxidation sites excluding steroid dienone is 4. The van der Waals surface area contributed by atoms with E-state index in [-0.39, 0.29) is 34.1 Å². The number of hydrogen-bond donors (Lipinski definition) is 0. The maximum absolute atomic E-state index is 6.94. The van der Waals surface area contributed by atoms with Gasteiger partial charge in [-0.2, -0.15) is 11.4 Å². The summed E-state index contributed by atoms with van der Waals surface area (Å²) in [5.74, 6) is 3.49. The van der Waals surface area contributed by atoms with Gasteiger partial charge in [0.2, 0.25) is 0 Å². The summed E-state index contributed by atoms with van der Waals surface area (Å²) in [7, 11) is 0. The van der Waals surface area contributed by atoms with Crippen LogP contribution in [0.25, 0.3) is 22.1 Å². The van der Waals surface area contributed by atoms with Crippen LogP contribution >= 0.6 is 0 Å². The Hall–Kier alpha value is -5.30. The molecule has 8 heteroatoms. The van der Waals surface area contributed by atoms with E-state index in [0.29, 0.717) is 60.4 Å². The quantitative estimate of drug-likeness (QED) is 0.0605. The first-order valence-corrected chi connectivity index (χ1v) is 28.7. The van der Waals surface area contributed by atoms with Crippen molar-refractivity contribution in [1.29, 1.82) is 0 Å². The van der Waals surface area contributed by atoms with Crippen LogP contribution in [0.3, 0.4) is 0 Å². The Labute approximate surface area is 508 Å². The predicted molar refractivity (Wildman–Crippen MR) is 347 cm³/mol. The Morgan fingerprint density at radius 1 is 0.350 bits per heavy atom. The van der Waals surface area contributed by atoms with E-state index in [2.05, 4.69) is 223 Å². The first kappa shape index (κ1) is 72.7. The second kappa shape index (κ2) is 36.9. The van der Waals surface area contributed by atoms with E-state index in [1.807, 2.05) is 60.7 Å². The van der Waals surface area contributed by atoms with Crippen LogP contribution in [0.5, 0.6) is 0 Å².